The summed E-state index contributed by atoms with van der Waals surface area (Å²) in [7, 11) is 0. The minimum Gasteiger partial charge on any atom is -0.449 e. The second-order valence-corrected chi connectivity index (χ2v) is 5.79. The molecule has 9 heteroatoms. The molecule has 1 aromatic rings. The Morgan fingerprint density at radius 1 is 1.41 bits per heavy atom. The Bertz CT molecular complexity index is 564. The van der Waals surface area contributed by atoms with Gasteiger partial charge in [-0.05, 0) is 17.7 Å². The highest BCUT2D eigenvalue weighted by molar-refractivity contribution is 6.32. The predicted octanol–water partition coefficient (Wildman–Crippen LogP) is 4.47. The van der Waals surface area contributed by atoms with Gasteiger partial charge in [-0.3, -0.25) is 0 Å². The SMILES string of the molecule is CC1(C)COC(=O)N[C@@H]1c1ccc(OC(F)(F)F)c(Cl)c1.Cl. The van der Waals surface area contributed by atoms with E-state index in [2.05, 4.69) is 10.1 Å². The number of hydrogen-bond acceptors (Lipinski definition) is 3. The van der Waals surface area contributed by atoms with Crippen LogP contribution in [-0.4, -0.2) is 19.1 Å². The molecule has 0 bridgehead atoms. The van der Waals surface area contributed by atoms with E-state index in [0.717, 1.165) is 6.07 Å². The van der Waals surface area contributed by atoms with Crippen molar-refractivity contribution in [1.29, 1.82) is 0 Å². The molecule has 1 heterocycles. The topological polar surface area (TPSA) is 47.6 Å². The van der Waals surface area contributed by atoms with E-state index >= 15 is 0 Å². The summed E-state index contributed by atoms with van der Waals surface area (Å²) in [6, 6.07) is 3.49. The fourth-order valence-electron chi connectivity index (χ4n) is 2.13. The van der Waals surface area contributed by atoms with Crippen molar-refractivity contribution in [3.05, 3.63) is 28.8 Å². The number of alkyl halides is 3. The summed E-state index contributed by atoms with van der Waals surface area (Å²) in [6.07, 6.45) is -5.39. The molecule has 4 nitrogen and oxygen atoms in total. The van der Waals surface area contributed by atoms with Crippen molar-refractivity contribution in [2.45, 2.75) is 26.3 Å². The summed E-state index contributed by atoms with van der Waals surface area (Å²) in [5, 5.41) is 2.46. The van der Waals surface area contributed by atoms with E-state index in [1.807, 2.05) is 13.8 Å². The Morgan fingerprint density at radius 3 is 2.59 bits per heavy atom. The van der Waals surface area contributed by atoms with Crippen LogP contribution in [0.4, 0.5) is 18.0 Å². The number of nitrogens with one attached hydrogen (secondary N) is 1. The molecule has 0 aliphatic carbocycles. The van der Waals surface area contributed by atoms with E-state index in [9.17, 15) is 18.0 Å². The quantitative estimate of drug-likeness (QED) is 0.847. The molecular formula is C13H14Cl2F3NO3. The van der Waals surface area contributed by atoms with Gasteiger partial charge in [0.2, 0.25) is 0 Å². The minimum absolute atomic E-state index is 0. The lowest BCUT2D eigenvalue weighted by molar-refractivity contribution is -0.274. The number of carbonyl (C=O) groups excluding carboxylic acids is 1. The van der Waals surface area contributed by atoms with Gasteiger partial charge < -0.3 is 14.8 Å². The lowest BCUT2D eigenvalue weighted by Crippen LogP contribution is -2.46. The van der Waals surface area contributed by atoms with Crippen molar-refractivity contribution in [3.63, 3.8) is 0 Å². The van der Waals surface area contributed by atoms with Gasteiger partial charge in [-0.25, -0.2) is 4.79 Å². The fraction of sp³-hybridized carbons (Fsp3) is 0.462. The lowest BCUT2D eigenvalue weighted by atomic mass is 9.80. The van der Waals surface area contributed by atoms with Gasteiger partial charge in [0.15, 0.2) is 0 Å². The average Bonchev–Trinajstić information content (AvgIpc) is 2.33. The van der Waals surface area contributed by atoms with Gasteiger partial charge in [0.1, 0.15) is 12.4 Å². The molecule has 0 spiro atoms. The zero-order valence-electron chi connectivity index (χ0n) is 11.7. The van der Waals surface area contributed by atoms with Crippen LogP contribution in [-0.2, 0) is 4.74 Å². The van der Waals surface area contributed by atoms with Crippen LogP contribution in [0.1, 0.15) is 25.5 Å². The van der Waals surface area contributed by atoms with Crippen LogP contribution in [0.3, 0.4) is 0 Å². The van der Waals surface area contributed by atoms with Gasteiger partial charge in [0.05, 0.1) is 11.1 Å². The molecule has 1 atom stereocenters. The molecule has 2 rings (SSSR count). The van der Waals surface area contributed by atoms with Gasteiger partial charge in [-0.1, -0.05) is 31.5 Å². The highest BCUT2D eigenvalue weighted by Crippen LogP contribution is 2.39. The van der Waals surface area contributed by atoms with Crippen molar-refractivity contribution in [2.24, 2.45) is 5.41 Å². The summed E-state index contributed by atoms with van der Waals surface area (Å²) in [6.45, 7) is 3.93. The van der Waals surface area contributed by atoms with Crippen molar-refractivity contribution in [1.82, 2.24) is 5.32 Å². The zero-order valence-corrected chi connectivity index (χ0v) is 13.2. The molecule has 1 fully saturated rings. The van der Waals surface area contributed by atoms with Gasteiger partial charge in [-0.15, -0.1) is 25.6 Å². The minimum atomic E-state index is -4.81. The number of hydrogen-bond donors (Lipinski definition) is 1. The van der Waals surface area contributed by atoms with Gasteiger partial charge >= 0.3 is 12.5 Å². The smallest absolute Gasteiger partial charge is 0.449 e. The molecule has 1 aromatic carbocycles. The Hall–Kier alpha value is -1.34. The molecule has 1 aliphatic heterocycles. The van der Waals surface area contributed by atoms with Crippen LogP contribution in [0, 0.1) is 5.41 Å². The molecule has 0 radical (unpaired) electrons. The summed E-state index contributed by atoms with van der Waals surface area (Å²) in [5.74, 6) is -0.482. The summed E-state index contributed by atoms with van der Waals surface area (Å²) in [4.78, 5) is 11.3. The molecule has 1 amide bonds. The number of cyclic esters (lactones) is 1. The first kappa shape index (κ1) is 18.7. The third kappa shape index (κ3) is 4.33. The van der Waals surface area contributed by atoms with Crippen LogP contribution in [0.25, 0.3) is 0 Å². The van der Waals surface area contributed by atoms with Crippen LogP contribution in [0.5, 0.6) is 5.75 Å². The third-order valence-corrected chi connectivity index (χ3v) is 3.43. The van der Waals surface area contributed by atoms with E-state index in [1.165, 1.54) is 12.1 Å². The molecule has 0 saturated carbocycles. The first-order valence-corrected chi connectivity index (χ1v) is 6.45. The highest BCUT2D eigenvalue weighted by Gasteiger charge is 2.38. The average molecular weight is 360 g/mol. The number of halogens is 5. The Labute approximate surface area is 136 Å². The van der Waals surface area contributed by atoms with Crippen molar-refractivity contribution < 1.29 is 27.4 Å². The molecule has 1 saturated heterocycles. The Morgan fingerprint density at radius 2 is 2.05 bits per heavy atom. The van der Waals surface area contributed by atoms with E-state index in [1.54, 1.807) is 0 Å². The number of amides is 1. The number of ether oxygens (including phenoxy) is 2. The van der Waals surface area contributed by atoms with Crippen LogP contribution >= 0.6 is 24.0 Å². The monoisotopic (exact) mass is 359 g/mol. The summed E-state index contributed by atoms with van der Waals surface area (Å²) >= 11 is 5.82. The number of rotatable bonds is 2. The maximum absolute atomic E-state index is 12.2. The number of carbonyl (C=O) groups is 1. The predicted molar refractivity (Wildman–Crippen MR) is 76.4 cm³/mol. The Kier molecular flexibility index (Phi) is 5.46. The molecular weight excluding hydrogens is 346 g/mol. The van der Waals surface area contributed by atoms with Crippen LogP contribution in [0.15, 0.2) is 18.2 Å². The van der Waals surface area contributed by atoms with Gasteiger partial charge in [-0.2, -0.15) is 0 Å². The van der Waals surface area contributed by atoms with Gasteiger partial charge in [0.25, 0.3) is 0 Å². The van der Waals surface area contributed by atoms with Crippen LogP contribution in [0.2, 0.25) is 5.02 Å². The first-order chi connectivity index (χ1) is 9.58. The third-order valence-electron chi connectivity index (χ3n) is 3.13. The van der Waals surface area contributed by atoms with E-state index in [4.69, 9.17) is 16.3 Å². The highest BCUT2D eigenvalue weighted by atomic mass is 35.5. The molecule has 0 aromatic heterocycles. The summed E-state index contributed by atoms with van der Waals surface area (Å²) in [5.41, 5.74) is 0.153. The maximum Gasteiger partial charge on any atom is 0.573 e. The molecule has 0 unspecified atom stereocenters. The van der Waals surface area contributed by atoms with Crippen molar-refractivity contribution >= 4 is 30.1 Å². The largest absolute Gasteiger partial charge is 0.573 e. The van der Waals surface area contributed by atoms with Crippen LogP contribution < -0.4 is 10.1 Å². The molecule has 22 heavy (non-hydrogen) atoms. The van der Waals surface area contributed by atoms with E-state index in [0.29, 0.717) is 5.56 Å². The summed E-state index contributed by atoms with van der Waals surface area (Å²) < 4.78 is 45.3. The van der Waals surface area contributed by atoms with Crippen molar-refractivity contribution in [2.75, 3.05) is 6.61 Å². The second-order valence-electron chi connectivity index (χ2n) is 5.38. The van der Waals surface area contributed by atoms with Gasteiger partial charge in [0, 0.05) is 5.41 Å². The number of alkyl carbamates (subject to hydrolysis) is 1. The maximum atomic E-state index is 12.2. The molecule has 1 N–H and O–H groups in total. The second kappa shape index (κ2) is 6.42. The molecule has 124 valence electrons. The standard InChI is InChI=1S/C13H13ClF3NO3.ClH/c1-12(2)6-20-11(19)18-10(12)7-3-4-9(8(14)5-7)21-13(15,16)17;/h3-5,10H,6H2,1-2H3,(H,18,19);1H/t10-;/m1./s1. The van der Waals surface area contributed by atoms with E-state index in [-0.39, 0.29) is 24.0 Å². The first-order valence-electron chi connectivity index (χ1n) is 6.07. The van der Waals surface area contributed by atoms with Crippen molar-refractivity contribution in [3.8, 4) is 5.75 Å². The Balaban J connectivity index is 0.00000242. The number of benzene rings is 1. The normalized spacial score (nSPS) is 20.5. The molecule has 1 aliphatic rings. The van der Waals surface area contributed by atoms with E-state index < -0.39 is 29.7 Å². The zero-order chi connectivity index (χ0) is 15.8. The fourth-order valence-corrected chi connectivity index (χ4v) is 2.36. The lowest BCUT2D eigenvalue weighted by Gasteiger charge is -2.38.